The van der Waals surface area contributed by atoms with Crippen LogP contribution in [0.3, 0.4) is 0 Å². The van der Waals surface area contributed by atoms with Crippen LogP contribution in [-0.4, -0.2) is 19.4 Å². The predicted octanol–water partition coefficient (Wildman–Crippen LogP) is 5.63. The van der Waals surface area contributed by atoms with Crippen molar-refractivity contribution in [2.24, 2.45) is 0 Å². The average molecular weight is 315 g/mol. The predicted molar refractivity (Wildman–Crippen MR) is 97.2 cm³/mol. The van der Waals surface area contributed by atoms with Gasteiger partial charge in [-0.2, -0.15) is 0 Å². The molecular formula is C19H25NOS. The number of carbonyl (C=O) groups excluding carboxylic acids is 1. The molecule has 0 saturated heterocycles. The van der Waals surface area contributed by atoms with E-state index < -0.39 is 0 Å². The molecule has 118 valence electrons. The van der Waals surface area contributed by atoms with Crippen LogP contribution in [0.15, 0.2) is 36.4 Å². The summed E-state index contributed by atoms with van der Waals surface area (Å²) in [6.45, 7) is 6.74. The van der Waals surface area contributed by atoms with Gasteiger partial charge in [-0.1, -0.05) is 38.8 Å². The molecule has 0 aliphatic rings. The first-order chi connectivity index (χ1) is 10.8. The summed E-state index contributed by atoms with van der Waals surface area (Å²) in [6, 6.07) is 12.7. The molecule has 0 atom stereocenters. The fourth-order valence-corrected chi connectivity index (χ4v) is 3.30. The summed E-state index contributed by atoms with van der Waals surface area (Å²) < 4.78 is 0. The van der Waals surface area contributed by atoms with Crippen molar-refractivity contribution in [2.45, 2.75) is 39.5 Å². The standard InChI is InChI=1S/C19H25NOS/c1-3-5-13-20(14-6-4-2)17-9-7-16(8-10-17)19-12-11-18(15-21)22-19/h7-12,15H,3-6,13-14H2,1-2H3. The summed E-state index contributed by atoms with van der Waals surface area (Å²) in [6.07, 6.45) is 5.84. The van der Waals surface area contributed by atoms with E-state index in [1.807, 2.05) is 12.1 Å². The molecule has 3 heteroatoms. The van der Waals surface area contributed by atoms with Gasteiger partial charge in [0.1, 0.15) is 0 Å². The summed E-state index contributed by atoms with van der Waals surface area (Å²) in [7, 11) is 0. The van der Waals surface area contributed by atoms with Crippen LogP contribution in [0.5, 0.6) is 0 Å². The third kappa shape index (κ3) is 4.44. The second-order valence-corrected chi connectivity index (χ2v) is 6.68. The second kappa shape index (κ2) is 8.74. The number of hydrogen-bond donors (Lipinski definition) is 0. The Labute approximate surface area is 137 Å². The van der Waals surface area contributed by atoms with E-state index in [4.69, 9.17) is 0 Å². The highest BCUT2D eigenvalue weighted by molar-refractivity contribution is 7.17. The first-order valence-corrected chi connectivity index (χ1v) is 9.00. The van der Waals surface area contributed by atoms with Gasteiger partial charge in [0, 0.05) is 23.7 Å². The highest BCUT2D eigenvalue weighted by Crippen LogP contribution is 2.29. The number of unbranched alkanes of at least 4 members (excludes halogenated alkanes) is 2. The molecule has 2 aromatic rings. The highest BCUT2D eigenvalue weighted by Gasteiger charge is 2.07. The van der Waals surface area contributed by atoms with Gasteiger partial charge in [0.2, 0.25) is 0 Å². The van der Waals surface area contributed by atoms with Crippen molar-refractivity contribution in [2.75, 3.05) is 18.0 Å². The lowest BCUT2D eigenvalue weighted by molar-refractivity contribution is 0.112. The van der Waals surface area contributed by atoms with Crippen molar-refractivity contribution >= 4 is 23.3 Å². The number of thiophene rings is 1. The Morgan fingerprint density at radius 1 is 0.955 bits per heavy atom. The number of rotatable bonds is 9. The molecule has 0 spiro atoms. The van der Waals surface area contributed by atoms with E-state index in [2.05, 4.69) is 43.0 Å². The average Bonchev–Trinajstić information content (AvgIpc) is 3.04. The van der Waals surface area contributed by atoms with Crippen LogP contribution in [0.1, 0.15) is 49.2 Å². The van der Waals surface area contributed by atoms with Gasteiger partial charge in [-0.25, -0.2) is 0 Å². The van der Waals surface area contributed by atoms with E-state index in [0.29, 0.717) is 0 Å². The van der Waals surface area contributed by atoms with Gasteiger partial charge in [-0.05, 0) is 42.7 Å². The van der Waals surface area contributed by atoms with Crippen LogP contribution in [-0.2, 0) is 0 Å². The van der Waals surface area contributed by atoms with Gasteiger partial charge in [-0.15, -0.1) is 11.3 Å². The van der Waals surface area contributed by atoms with Crippen LogP contribution in [0.4, 0.5) is 5.69 Å². The Bertz CT molecular complexity index is 565. The van der Waals surface area contributed by atoms with Gasteiger partial charge < -0.3 is 4.90 Å². The third-order valence-electron chi connectivity index (χ3n) is 3.82. The lowest BCUT2D eigenvalue weighted by Gasteiger charge is -2.24. The summed E-state index contributed by atoms with van der Waals surface area (Å²) in [5.41, 5.74) is 2.49. The van der Waals surface area contributed by atoms with Crippen LogP contribution in [0.2, 0.25) is 0 Å². The molecular weight excluding hydrogens is 290 g/mol. The first-order valence-electron chi connectivity index (χ1n) is 8.18. The molecule has 0 aliphatic heterocycles. The van der Waals surface area contributed by atoms with Crippen LogP contribution in [0.25, 0.3) is 10.4 Å². The minimum atomic E-state index is 0.784. The van der Waals surface area contributed by atoms with E-state index >= 15 is 0 Å². The van der Waals surface area contributed by atoms with E-state index in [1.165, 1.54) is 36.9 Å². The molecule has 1 aromatic heterocycles. The molecule has 0 amide bonds. The number of anilines is 1. The number of nitrogens with zero attached hydrogens (tertiary/aromatic N) is 1. The number of aldehydes is 1. The minimum absolute atomic E-state index is 0.784. The van der Waals surface area contributed by atoms with Gasteiger partial charge in [-0.3, -0.25) is 4.79 Å². The van der Waals surface area contributed by atoms with Crippen molar-refractivity contribution in [1.82, 2.24) is 0 Å². The Morgan fingerprint density at radius 2 is 1.59 bits per heavy atom. The van der Waals surface area contributed by atoms with Crippen molar-refractivity contribution in [1.29, 1.82) is 0 Å². The van der Waals surface area contributed by atoms with Gasteiger partial charge in [0.05, 0.1) is 4.88 Å². The smallest absolute Gasteiger partial charge is 0.160 e. The third-order valence-corrected chi connectivity index (χ3v) is 4.88. The molecule has 0 fully saturated rings. The maximum Gasteiger partial charge on any atom is 0.160 e. The number of hydrogen-bond acceptors (Lipinski definition) is 3. The SMILES string of the molecule is CCCCN(CCCC)c1ccc(-c2ccc(C=O)s2)cc1. The van der Waals surface area contributed by atoms with Crippen LogP contribution >= 0.6 is 11.3 Å². The fourth-order valence-electron chi connectivity index (χ4n) is 2.48. The molecule has 1 heterocycles. The monoisotopic (exact) mass is 315 g/mol. The lowest BCUT2D eigenvalue weighted by atomic mass is 10.1. The zero-order valence-electron chi connectivity index (χ0n) is 13.5. The topological polar surface area (TPSA) is 20.3 Å². The molecule has 2 nitrogen and oxygen atoms in total. The van der Waals surface area contributed by atoms with Gasteiger partial charge >= 0.3 is 0 Å². The van der Waals surface area contributed by atoms with Gasteiger partial charge in [0.25, 0.3) is 0 Å². The minimum Gasteiger partial charge on any atom is -0.372 e. The number of benzene rings is 1. The summed E-state index contributed by atoms with van der Waals surface area (Å²) in [5.74, 6) is 0. The maximum atomic E-state index is 10.8. The normalized spacial score (nSPS) is 10.6. The molecule has 0 bridgehead atoms. The zero-order valence-corrected chi connectivity index (χ0v) is 14.4. The molecule has 0 saturated carbocycles. The first kappa shape index (κ1) is 16.8. The maximum absolute atomic E-state index is 10.8. The van der Waals surface area contributed by atoms with Gasteiger partial charge in [0.15, 0.2) is 6.29 Å². The Morgan fingerprint density at radius 3 is 2.09 bits per heavy atom. The highest BCUT2D eigenvalue weighted by atomic mass is 32.1. The van der Waals surface area contributed by atoms with E-state index in [-0.39, 0.29) is 0 Å². The van der Waals surface area contributed by atoms with E-state index in [1.54, 1.807) is 11.3 Å². The number of carbonyl (C=O) groups is 1. The Kier molecular flexibility index (Phi) is 6.66. The molecule has 0 aliphatic carbocycles. The molecule has 22 heavy (non-hydrogen) atoms. The summed E-state index contributed by atoms with van der Waals surface area (Å²) in [4.78, 5) is 15.2. The van der Waals surface area contributed by atoms with Crippen molar-refractivity contribution in [3.63, 3.8) is 0 Å². The van der Waals surface area contributed by atoms with Crippen LogP contribution < -0.4 is 4.90 Å². The van der Waals surface area contributed by atoms with Crippen molar-refractivity contribution in [3.05, 3.63) is 41.3 Å². The molecule has 2 rings (SSSR count). The lowest BCUT2D eigenvalue weighted by Crippen LogP contribution is -2.25. The molecule has 1 aromatic carbocycles. The van der Waals surface area contributed by atoms with Crippen molar-refractivity contribution < 1.29 is 4.79 Å². The molecule has 0 radical (unpaired) electrons. The van der Waals surface area contributed by atoms with Crippen LogP contribution in [0, 0.1) is 0 Å². The Balaban J connectivity index is 2.12. The molecule has 0 N–H and O–H groups in total. The van der Waals surface area contributed by atoms with E-state index in [0.717, 1.165) is 29.1 Å². The Hall–Kier alpha value is -1.61. The zero-order chi connectivity index (χ0) is 15.8. The second-order valence-electron chi connectivity index (χ2n) is 5.56. The van der Waals surface area contributed by atoms with E-state index in [9.17, 15) is 4.79 Å². The fraction of sp³-hybridized carbons (Fsp3) is 0.421. The largest absolute Gasteiger partial charge is 0.372 e. The quantitative estimate of drug-likeness (QED) is 0.559. The molecule has 0 unspecified atom stereocenters. The summed E-state index contributed by atoms with van der Waals surface area (Å²) >= 11 is 1.55. The summed E-state index contributed by atoms with van der Waals surface area (Å²) in [5, 5.41) is 0. The van der Waals surface area contributed by atoms with Crippen molar-refractivity contribution in [3.8, 4) is 10.4 Å².